The molecule has 3 unspecified atom stereocenters. The Morgan fingerprint density at radius 1 is 1.00 bits per heavy atom. The number of aliphatic hydroxyl groups excluding tert-OH is 1. The van der Waals surface area contributed by atoms with Gasteiger partial charge in [-0.15, -0.1) is 0 Å². The van der Waals surface area contributed by atoms with Crippen LogP contribution in [0.4, 0.5) is 10.1 Å². The van der Waals surface area contributed by atoms with Crippen molar-refractivity contribution < 1.29 is 22.3 Å². The minimum atomic E-state index is -3.98. The maximum atomic E-state index is 14.8. The highest BCUT2D eigenvalue weighted by Gasteiger charge is 2.39. The van der Waals surface area contributed by atoms with Crippen molar-refractivity contribution in [1.29, 1.82) is 0 Å². The summed E-state index contributed by atoms with van der Waals surface area (Å²) >= 11 is 0. The van der Waals surface area contributed by atoms with E-state index in [1.807, 2.05) is 18.2 Å². The summed E-state index contributed by atoms with van der Waals surface area (Å²) in [6.45, 7) is 4.50. The van der Waals surface area contributed by atoms with Gasteiger partial charge in [0.05, 0.1) is 22.3 Å². The summed E-state index contributed by atoms with van der Waals surface area (Å²) in [6, 6.07) is 13.4. The molecule has 11 heteroatoms. The number of nitrogens with zero attached hydrogens (tertiary/aromatic N) is 5. The molecular weight excluding hydrogens is 545 g/mol. The van der Waals surface area contributed by atoms with E-state index in [9.17, 15) is 17.9 Å². The minimum Gasteiger partial charge on any atom is -0.444 e. The molecule has 2 aromatic carbocycles. The number of rotatable bonds is 6. The van der Waals surface area contributed by atoms with Gasteiger partial charge in [0.2, 0.25) is 15.9 Å². The number of oxazole rings is 1. The molecule has 3 aliphatic rings. The molecule has 0 saturated carbocycles. The first kappa shape index (κ1) is 26.3. The van der Waals surface area contributed by atoms with Crippen molar-refractivity contribution in [3.63, 3.8) is 0 Å². The van der Waals surface area contributed by atoms with Crippen LogP contribution in [0, 0.1) is 17.7 Å². The summed E-state index contributed by atoms with van der Waals surface area (Å²) in [4.78, 5) is 13.1. The van der Waals surface area contributed by atoms with Crippen molar-refractivity contribution in [2.24, 2.45) is 11.8 Å². The van der Waals surface area contributed by atoms with Gasteiger partial charge in [-0.2, -0.15) is 4.31 Å². The summed E-state index contributed by atoms with van der Waals surface area (Å²) in [7, 11) is -1.80. The van der Waals surface area contributed by atoms with Crippen LogP contribution in [-0.2, 0) is 23.1 Å². The molecule has 0 amide bonds. The Bertz CT molecular complexity index is 1700. The molecule has 2 saturated heterocycles. The fourth-order valence-corrected chi connectivity index (χ4v) is 7.83. The highest BCUT2D eigenvalue weighted by molar-refractivity contribution is 7.89. The predicted octanol–water partition coefficient (Wildman–Crippen LogP) is 3.66. The lowest BCUT2D eigenvalue weighted by molar-refractivity contribution is 0.215. The van der Waals surface area contributed by atoms with E-state index in [2.05, 4.69) is 32.9 Å². The fourth-order valence-electron chi connectivity index (χ4n) is 6.42. The molecule has 3 atom stereocenters. The van der Waals surface area contributed by atoms with Gasteiger partial charge in [0, 0.05) is 51.2 Å². The minimum absolute atomic E-state index is 0.0820. The first-order valence-corrected chi connectivity index (χ1v) is 15.1. The lowest BCUT2D eigenvalue weighted by Gasteiger charge is -2.22. The molecule has 212 valence electrons. The zero-order valence-electron chi connectivity index (χ0n) is 22.5. The van der Waals surface area contributed by atoms with Crippen molar-refractivity contribution in [2.75, 3.05) is 38.1 Å². The first-order chi connectivity index (χ1) is 19.8. The Balaban J connectivity index is 1.08. The monoisotopic (exact) mass is 575 g/mol. The smallest absolute Gasteiger partial charge is 0.243 e. The standard InChI is InChI=1S/C30H30FN5O4S/c1-34-13-22-15-35(16-23(22)14-34)24-4-2-3-19(9-24)29(37)28-10-20-17-36(18-21(20)12-33-28)41(38,39)25-5-6-26(27(31)11-25)30-32-7-8-40-30/h2-12,22-23,29,37H,13-18H2,1H3. The maximum absolute atomic E-state index is 14.8. The van der Waals surface area contributed by atoms with Crippen LogP contribution in [0.15, 0.2) is 76.5 Å². The molecule has 4 aromatic rings. The molecule has 7 rings (SSSR count). The Kier molecular flexibility index (Phi) is 6.42. The van der Waals surface area contributed by atoms with Crippen LogP contribution in [0.25, 0.3) is 11.5 Å². The number of pyridine rings is 1. The third kappa shape index (κ3) is 4.72. The van der Waals surface area contributed by atoms with Crippen molar-refractivity contribution in [1.82, 2.24) is 19.2 Å². The van der Waals surface area contributed by atoms with E-state index in [1.165, 1.54) is 28.9 Å². The van der Waals surface area contributed by atoms with E-state index in [4.69, 9.17) is 4.42 Å². The zero-order valence-corrected chi connectivity index (χ0v) is 23.3. The number of aromatic nitrogens is 2. The van der Waals surface area contributed by atoms with Crippen LogP contribution in [0.2, 0.25) is 0 Å². The molecule has 2 aromatic heterocycles. The van der Waals surface area contributed by atoms with Crippen LogP contribution in [0.1, 0.15) is 28.5 Å². The molecule has 0 aliphatic carbocycles. The van der Waals surface area contributed by atoms with Crippen LogP contribution in [0.5, 0.6) is 0 Å². The van der Waals surface area contributed by atoms with Crippen LogP contribution < -0.4 is 4.90 Å². The molecule has 1 N–H and O–H groups in total. The SMILES string of the molecule is CN1CC2CN(c3cccc(C(O)c4cc5c(cn4)CN(S(=O)(=O)c4ccc(-c6ncco6)c(F)c4)C5)c3)CC2C1. The number of halogens is 1. The summed E-state index contributed by atoms with van der Waals surface area (Å²) in [6.07, 6.45) is 3.40. The third-order valence-corrected chi connectivity index (χ3v) is 10.3. The second-order valence-electron chi connectivity index (χ2n) is 11.3. The lowest BCUT2D eigenvalue weighted by Crippen LogP contribution is -2.26. The summed E-state index contributed by atoms with van der Waals surface area (Å²) in [5.41, 5.74) is 3.91. The van der Waals surface area contributed by atoms with Crippen LogP contribution in [-0.4, -0.2) is 65.9 Å². The Labute approximate surface area is 237 Å². The number of benzene rings is 2. The van der Waals surface area contributed by atoms with Crippen LogP contribution in [0.3, 0.4) is 0 Å². The second kappa shape index (κ2) is 10.0. The Hall–Kier alpha value is -3.64. The Morgan fingerprint density at radius 2 is 1.78 bits per heavy atom. The second-order valence-corrected chi connectivity index (χ2v) is 13.2. The molecular formula is C30H30FN5O4S. The van der Waals surface area contributed by atoms with Gasteiger partial charge in [0.25, 0.3) is 0 Å². The van der Waals surface area contributed by atoms with Gasteiger partial charge in [0.15, 0.2) is 0 Å². The van der Waals surface area contributed by atoms with Gasteiger partial charge in [-0.25, -0.2) is 17.8 Å². The quantitative estimate of drug-likeness (QED) is 0.372. The summed E-state index contributed by atoms with van der Waals surface area (Å²) < 4.78 is 48.0. The van der Waals surface area contributed by atoms with Crippen LogP contribution >= 0.6 is 0 Å². The molecule has 3 aliphatic heterocycles. The largest absolute Gasteiger partial charge is 0.444 e. The zero-order chi connectivity index (χ0) is 28.3. The number of sulfonamides is 1. The third-order valence-electron chi connectivity index (χ3n) is 8.54. The number of aliphatic hydroxyl groups is 1. The average Bonchev–Trinajstić information content (AvgIpc) is 3.76. The topological polar surface area (TPSA) is 103 Å². The molecule has 41 heavy (non-hydrogen) atoms. The molecule has 0 radical (unpaired) electrons. The van der Waals surface area contributed by atoms with E-state index in [0.717, 1.165) is 54.6 Å². The first-order valence-electron chi connectivity index (χ1n) is 13.6. The van der Waals surface area contributed by atoms with Gasteiger partial charge < -0.3 is 19.3 Å². The maximum Gasteiger partial charge on any atom is 0.243 e. The van der Waals surface area contributed by atoms with Gasteiger partial charge in [-0.05, 0) is 72.0 Å². The van der Waals surface area contributed by atoms with Gasteiger partial charge in [-0.1, -0.05) is 12.1 Å². The fraction of sp³-hybridized carbons (Fsp3) is 0.333. The molecule has 0 bridgehead atoms. The van der Waals surface area contributed by atoms with Crippen molar-refractivity contribution in [2.45, 2.75) is 24.1 Å². The van der Waals surface area contributed by atoms with E-state index in [-0.39, 0.29) is 29.4 Å². The Morgan fingerprint density at radius 3 is 2.51 bits per heavy atom. The van der Waals surface area contributed by atoms with Gasteiger partial charge >= 0.3 is 0 Å². The molecule has 2 fully saturated rings. The molecule has 5 heterocycles. The van der Waals surface area contributed by atoms with Crippen molar-refractivity contribution in [3.8, 4) is 11.5 Å². The average molecular weight is 576 g/mol. The van der Waals surface area contributed by atoms with Gasteiger partial charge in [-0.3, -0.25) is 4.98 Å². The van der Waals surface area contributed by atoms with E-state index in [0.29, 0.717) is 17.5 Å². The highest BCUT2D eigenvalue weighted by atomic mass is 32.2. The lowest BCUT2D eigenvalue weighted by atomic mass is 10.0. The number of hydrogen-bond acceptors (Lipinski definition) is 8. The summed E-state index contributed by atoms with van der Waals surface area (Å²) in [5.74, 6) is 0.699. The van der Waals surface area contributed by atoms with E-state index in [1.54, 1.807) is 12.3 Å². The van der Waals surface area contributed by atoms with Gasteiger partial charge in [0.1, 0.15) is 18.2 Å². The van der Waals surface area contributed by atoms with E-state index >= 15 is 0 Å². The van der Waals surface area contributed by atoms with Crippen molar-refractivity contribution >= 4 is 15.7 Å². The summed E-state index contributed by atoms with van der Waals surface area (Å²) in [5, 5.41) is 11.3. The number of likely N-dealkylation sites (tertiary alicyclic amines) is 1. The molecule has 9 nitrogen and oxygen atoms in total. The molecule has 0 spiro atoms. The number of fused-ring (bicyclic) bond motifs is 2. The highest BCUT2D eigenvalue weighted by Crippen LogP contribution is 2.36. The van der Waals surface area contributed by atoms with E-state index < -0.39 is 21.9 Å². The number of anilines is 1. The van der Waals surface area contributed by atoms with Crippen molar-refractivity contribution in [3.05, 3.63) is 95.4 Å². The number of hydrogen-bond donors (Lipinski definition) is 1. The normalized spacial score (nSPS) is 21.8. The predicted molar refractivity (Wildman–Crippen MR) is 150 cm³/mol.